The zero-order valence-electron chi connectivity index (χ0n) is 11.7. The molecule has 0 bridgehead atoms. The van der Waals surface area contributed by atoms with Crippen LogP contribution in [0.2, 0.25) is 0 Å². The van der Waals surface area contributed by atoms with Crippen LogP contribution in [0.3, 0.4) is 0 Å². The monoisotopic (exact) mass is 284 g/mol. The average molecular weight is 284 g/mol. The molecule has 0 fully saturated rings. The van der Waals surface area contributed by atoms with Crippen molar-refractivity contribution in [3.8, 4) is 11.5 Å². The number of carboxylic acids is 1. The molecule has 108 valence electrons. The fourth-order valence-electron chi connectivity index (χ4n) is 1.87. The predicted molar refractivity (Wildman–Crippen MR) is 80.4 cm³/mol. The molecule has 0 saturated heterocycles. The molecular formula is C17H16O4. The van der Waals surface area contributed by atoms with E-state index in [2.05, 4.69) is 0 Å². The molecule has 1 N–H and O–H groups in total. The van der Waals surface area contributed by atoms with Gasteiger partial charge in [0.2, 0.25) is 0 Å². The molecule has 0 radical (unpaired) electrons. The SMILES string of the molecule is COc1cccc(/C=C/C(=O)O)c1OCc1ccccc1. The van der Waals surface area contributed by atoms with Gasteiger partial charge in [-0.25, -0.2) is 4.79 Å². The summed E-state index contributed by atoms with van der Waals surface area (Å²) in [5.41, 5.74) is 1.68. The van der Waals surface area contributed by atoms with E-state index in [4.69, 9.17) is 14.6 Å². The standard InChI is InChI=1S/C17H16O4/c1-20-15-9-5-8-14(10-11-16(18)19)17(15)21-12-13-6-3-2-4-7-13/h2-11H,12H2,1H3,(H,18,19)/b11-10+. The first-order valence-corrected chi connectivity index (χ1v) is 6.45. The molecule has 0 atom stereocenters. The van der Waals surface area contributed by atoms with Crippen LogP contribution in [0, 0.1) is 0 Å². The Morgan fingerprint density at radius 2 is 1.90 bits per heavy atom. The minimum absolute atomic E-state index is 0.384. The quantitative estimate of drug-likeness (QED) is 0.826. The van der Waals surface area contributed by atoms with Crippen molar-refractivity contribution in [3.05, 3.63) is 65.7 Å². The largest absolute Gasteiger partial charge is 0.493 e. The molecular weight excluding hydrogens is 268 g/mol. The van der Waals surface area contributed by atoms with Gasteiger partial charge in [0.05, 0.1) is 7.11 Å². The lowest BCUT2D eigenvalue weighted by Gasteiger charge is -2.13. The maximum atomic E-state index is 10.7. The summed E-state index contributed by atoms with van der Waals surface area (Å²) >= 11 is 0. The van der Waals surface area contributed by atoms with Crippen LogP contribution in [0.25, 0.3) is 6.08 Å². The Labute approximate surface area is 123 Å². The van der Waals surface area contributed by atoms with E-state index in [1.165, 1.54) is 6.08 Å². The topological polar surface area (TPSA) is 55.8 Å². The third kappa shape index (κ3) is 4.11. The molecule has 0 aliphatic carbocycles. The molecule has 2 aromatic carbocycles. The van der Waals surface area contributed by atoms with E-state index in [1.807, 2.05) is 30.3 Å². The van der Waals surface area contributed by atoms with E-state index in [-0.39, 0.29) is 0 Å². The summed E-state index contributed by atoms with van der Waals surface area (Å²) in [6.45, 7) is 0.384. The van der Waals surface area contributed by atoms with Gasteiger partial charge in [0.25, 0.3) is 0 Å². The van der Waals surface area contributed by atoms with E-state index < -0.39 is 5.97 Å². The van der Waals surface area contributed by atoms with Gasteiger partial charge in [-0.15, -0.1) is 0 Å². The first-order valence-electron chi connectivity index (χ1n) is 6.45. The number of ether oxygens (including phenoxy) is 2. The fourth-order valence-corrected chi connectivity index (χ4v) is 1.87. The van der Waals surface area contributed by atoms with Crippen LogP contribution in [-0.4, -0.2) is 18.2 Å². The molecule has 0 aliphatic heterocycles. The highest BCUT2D eigenvalue weighted by Crippen LogP contribution is 2.32. The van der Waals surface area contributed by atoms with Gasteiger partial charge in [-0.05, 0) is 17.7 Å². The van der Waals surface area contributed by atoms with Crippen molar-refractivity contribution in [3.63, 3.8) is 0 Å². The number of methoxy groups -OCH3 is 1. The van der Waals surface area contributed by atoms with Crippen molar-refractivity contribution in [2.24, 2.45) is 0 Å². The number of benzene rings is 2. The summed E-state index contributed by atoms with van der Waals surface area (Å²) in [6, 6.07) is 15.1. The normalized spacial score (nSPS) is 10.5. The van der Waals surface area contributed by atoms with Crippen molar-refractivity contribution < 1.29 is 19.4 Å². The molecule has 0 saturated carbocycles. The van der Waals surface area contributed by atoms with E-state index in [0.717, 1.165) is 11.6 Å². The second kappa shape index (κ2) is 7.14. The smallest absolute Gasteiger partial charge is 0.328 e. The van der Waals surface area contributed by atoms with Crippen LogP contribution in [0.5, 0.6) is 11.5 Å². The van der Waals surface area contributed by atoms with Gasteiger partial charge in [0.1, 0.15) is 6.61 Å². The number of hydrogen-bond donors (Lipinski definition) is 1. The van der Waals surface area contributed by atoms with E-state index in [1.54, 1.807) is 25.3 Å². The van der Waals surface area contributed by atoms with Crippen LogP contribution in [0.1, 0.15) is 11.1 Å². The maximum Gasteiger partial charge on any atom is 0.328 e. The van der Waals surface area contributed by atoms with Gasteiger partial charge in [0.15, 0.2) is 11.5 Å². The first-order chi connectivity index (χ1) is 10.2. The van der Waals surface area contributed by atoms with Crippen molar-refractivity contribution in [2.45, 2.75) is 6.61 Å². The van der Waals surface area contributed by atoms with Gasteiger partial charge >= 0.3 is 5.97 Å². The van der Waals surface area contributed by atoms with E-state index in [0.29, 0.717) is 23.7 Å². The molecule has 2 aromatic rings. The second-order valence-corrected chi connectivity index (χ2v) is 4.32. The highest BCUT2D eigenvalue weighted by Gasteiger charge is 2.09. The minimum Gasteiger partial charge on any atom is -0.493 e. The Kier molecular flexibility index (Phi) is 4.99. The Morgan fingerprint density at radius 1 is 1.14 bits per heavy atom. The van der Waals surface area contributed by atoms with E-state index in [9.17, 15) is 4.79 Å². The number of rotatable bonds is 6. The number of carboxylic acid groups (broad SMARTS) is 1. The Bertz CT molecular complexity index is 632. The summed E-state index contributed by atoms with van der Waals surface area (Å²) < 4.78 is 11.1. The summed E-state index contributed by atoms with van der Waals surface area (Å²) in [5.74, 6) is 0.0895. The Balaban J connectivity index is 2.25. The average Bonchev–Trinajstić information content (AvgIpc) is 2.52. The first kappa shape index (κ1) is 14.7. The minimum atomic E-state index is -1.01. The van der Waals surface area contributed by atoms with E-state index >= 15 is 0 Å². The highest BCUT2D eigenvalue weighted by molar-refractivity contribution is 5.86. The number of carbonyl (C=O) groups is 1. The molecule has 0 amide bonds. The van der Waals surface area contributed by atoms with Crippen LogP contribution in [0.15, 0.2) is 54.6 Å². The molecule has 4 nitrogen and oxygen atoms in total. The molecule has 0 heterocycles. The molecule has 0 unspecified atom stereocenters. The summed E-state index contributed by atoms with van der Waals surface area (Å²) in [4.78, 5) is 10.7. The molecule has 21 heavy (non-hydrogen) atoms. The Morgan fingerprint density at radius 3 is 2.57 bits per heavy atom. The Hall–Kier alpha value is -2.75. The summed E-state index contributed by atoms with van der Waals surface area (Å²) in [5, 5.41) is 8.74. The van der Waals surface area contributed by atoms with Crippen LogP contribution >= 0.6 is 0 Å². The van der Waals surface area contributed by atoms with Crippen molar-refractivity contribution in [2.75, 3.05) is 7.11 Å². The fraction of sp³-hybridized carbons (Fsp3) is 0.118. The lowest BCUT2D eigenvalue weighted by atomic mass is 10.1. The third-order valence-corrected chi connectivity index (χ3v) is 2.86. The second-order valence-electron chi connectivity index (χ2n) is 4.32. The lowest BCUT2D eigenvalue weighted by molar-refractivity contribution is -0.131. The van der Waals surface area contributed by atoms with Crippen molar-refractivity contribution in [1.29, 1.82) is 0 Å². The summed E-state index contributed by atoms with van der Waals surface area (Å²) in [6.07, 6.45) is 2.56. The van der Waals surface area contributed by atoms with Crippen molar-refractivity contribution in [1.82, 2.24) is 0 Å². The van der Waals surface area contributed by atoms with Crippen LogP contribution in [-0.2, 0) is 11.4 Å². The zero-order valence-corrected chi connectivity index (χ0v) is 11.7. The van der Waals surface area contributed by atoms with Gasteiger partial charge in [-0.3, -0.25) is 0 Å². The van der Waals surface area contributed by atoms with Gasteiger partial charge in [-0.2, -0.15) is 0 Å². The van der Waals surface area contributed by atoms with Gasteiger partial charge in [-0.1, -0.05) is 42.5 Å². The number of aliphatic carboxylic acids is 1. The van der Waals surface area contributed by atoms with Crippen LogP contribution < -0.4 is 9.47 Å². The lowest BCUT2D eigenvalue weighted by Crippen LogP contribution is -1.99. The zero-order chi connectivity index (χ0) is 15.1. The molecule has 2 rings (SSSR count). The molecule has 4 heteroatoms. The highest BCUT2D eigenvalue weighted by atomic mass is 16.5. The molecule has 0 spiro atoms. The molecule has 0 aromatic heterocycles. The van der Waals surface area contributed by atoms with Crippen molar-refractivity contribution >= 4 is 12.0 Å². The summed E-state index contributed by atoms with van der Waals surface area (Å²) in [7, 11) is 1.55. The predicted octanol–water partition coefficient (Wildman–Crippen LogP) is 3.37. The number of hydrogen-bond acceptors (Lipinski definition) is 3. The third-order valence-electron chi connectivity index (χ3n) is 2.86. The number of para-hydroxylation sites is 1. The van der Waals surface area contributed by atoms with Gasteiger partial charge < -0.3 is 14.6 Å². The molecule has 0 aliphatic rings. The van der Waals surface area contributed by atoms with Crippen LogP contribution in [0.4, 0.5) is 0 Å². The van der Waals surface area contributed by atoms with Gasteiger partial charge in [0, 0.05) is 11.6 Å². The maximum absolute atomic E-state index is 10.7.